The molecule has 50 heavy (non-hydrogen) atoms. The van der Waals surface area contributed by atoms with Crippen LogP contribution in [0.15, 0.2) is 152 Å². The molecule has 6 heterocycles. The van der Waals surface area contributed by atoms with E-state index < -0.39 is 0 Å². The first-order valence-corrected chi connectivity index (χ1v) is 16.8. The SMILES string of the molecule is c1ccc(-c2nc3c4cc(Oc5ccc6c(c5)-n5c7ncccc7c7cccc(c75)C6)ccc4c4ncccc4n3c2-c2ccccc2)cc1. The maximum atomic E-state index is 6.70. The van der Waals surface area contributed by atoms with Crippen LogP contribution in [0.1, 0.15) is 11.1 Å². The van der Waals surface area contributed by atoms with E-state index in [0.29, 0.717) is 0 Å². The second-order valence-electron chi connectivity index (χ2n) is 12.9. The molecule has 0 saturated heterocycles. The third-order valence-electron chi connectivity index (χ3n) is 10.0. The lowest BCUT2D eigenvalue weighted by atomic mass is 9.97. The third kappa shape index (κ3) is 3.87. The number of imidazole rings is 1. The van der Waals surface area contributed by atoms with Gasteiger partial charge in [0.2, 0.25) is 0 Å². The Morgan fingerprint density at radius 1 is 0.540 bits per heavy atom. The van der Waals surface area contributed by atoms with E-state index in [0.717, 1.165) is 84.6 Å². The molecule has 6 nitrogen and oxygen atoms in total. The quantitative estimate of drug-likeness (QED) is 0.180. The number of fused-ring (bicyclic) bond motifs is 11. The molecule has 234 valence electrons. The van der Waals surface area contributed by atoms with Crippen LogP contribution >= 0.6 is 0 Å². The minimum atomic E-state index is 0.733. The average Bonchev–Trinajstić information content (AvgIpc) is 3.75. The molecule has 0 fully saturated rings. The summed E-state index contributed by atoms with van der Waals surface area (Å²) in [6, 6.07) is 48.4. The van der Waals surface area contributed by atoms with Crippen molar-refractivity contribution in [2.45, 2.75) is 6.42 Å². The Morgan fingerprint density at radius 2 is 1.30 bits per heavy atom. The first kappa shape index (κ1) is 27.2. The zero-order chi connectivity index (χ0) is 32.8. The van der Waals surface area contributed by atoms with Gasteiger partial charge in [0.05, 0.1) is 33.6 Å². The normalized spacial score (nSPS) is 12.3. The van der Waals surface area contributed by atoms with Gasteiger partial charge in [-0.1, -0.05) is 84.9 Å². The molecular formula is C44H27N5O. The number of nitrogens with zero attached hydrogens (tertiary/aromatic N) is 5. The maximum Gasteiger partial charge on any atom is 0.146 e. The van der Waals surface area contributed by atoms with Crippen molar-refractivity contribution < 1.29 is 4.74 Å². The van der Waals surface area contributed by atoms with E-state index in [-0.39, 0.29) is 0 Å². The van der Waals surface area contributed by atoms with Crippen LogP contribution in [0.3, 0.4) is 0 Å². The Kier molecular flexibility index (Phi) is 5.63. The van der Waals surface area contributed by atoms with E-state index in [9.17, 15) is 0 Å². The zero-order valence-corrected chi connectivity index (χ0v) is 26.8. The fourth-order valence-corrected chi connectivity index (χ4v) is 7.91. The average molecular weight is 642 g/mol. The van der Waals surface area contributed by atoms with Crippen molar-refractivity contribution in [2.24, 2.45) is 0 Å². The summed E-state index contributed by atoms with van der Waals surface area (Å²) in [5, 5.41) is 4.39. The van der Waals surface area contributed by atoms with Crippen LogP contribution in [-0.4, -0.2) is 23.9 Å². The van der Waals surface area contributed by atoms with Crippen LogP contribution in [0.5, 0.6) is 11.5 Å². The molecule has 0 radical (unpaired) electrons. The molecule has 0 atom stereocenters. The van der Waals surface area contributed by atoms with Crippen molar-refractivity contribution in [3.8, 4) is 39.7 Å². The number of hydrogen-bond donors (Lipinski definition) is 0. The molecule has 0 unspecified atom stereocenters. The van der Waals surface area contributed by atoms with Crippen molar-refractivity contribution in [1.82, 2.24) is 23.9 Å². The lowest BCUT2D eigenvalue weighted by Gasteiger charge is -2.21. The highest BCUT2D eigenvalue weighted by molar-refractivity contribution is 6.12. The Hall–Kier alpha value is -6.79. The van der Waals surface area contributed by atoms with Crippen LogP contribution in [0.25, 0.3) is 77.6 Å². The second-order valence-corrected chi connectivity index (χ2v) is 12.9. The summed E-state index contributed by atoms with van der Waals surface area (Å²) in [5.41, 5.74) is 12.7. The van der Waals surface area contributed by atoms with Gasteiger partial charge in [-0.15, -0.1) is 0 Å². The molecule has 0 N–H and O–H groups in total. The van der Waals surface area contributed by atoms with E-state index in [2.05, 4.69) is 118 Å². The van der Waals surface area contributed by atoms with Gasteiger partial charge in [-0.25, -0.2) is 9.97 Å². The largest absolute Gasteiger partial charge is 0.457 e. The molecular weight excluding hydrogens is 615 g/mol. The van der Waals surface area contributed by atoms with E-state index >= 15 is 0 Å². The summed E-state index contributed by atoms with van der Waals surface area (Å²) in [4.78, 5) is 15.1. The fourth-order valence-electron chi connectivity index (χ4n) is 7.91. The first-order valence-electron chi connectivity index (χ1n) is 16.8. The smallest absolute Gasteiger partial charge is 0.146 e. The lowest BCUT2D eigenvalue weighted by molar-refractivity contribution is 0.483. The predicted octanol–water partition coefficient (Wildman–Crippen LogP) is 10.6. The molecule has 6 heteroatoms. The number of aromatic nitrogens is 5. The van der Waals surface area contributed by atoms with Crippen LogP contribution in [-0.2, 0) is 6.42 Å². The van der Waals surface area contributed by atoms with Crippen molar-refractivity contribution in [3.05, 3.63) is 163 Å². The highest BCUT2D eigenvalue weighted by Crippen LogP contribution is 2.42. The van der Waals surface area contributed by atoms with E-state index in [1.165, 1.54) is 22.0 Å². The minimum Gasteiger partial charge on any atom is -0.457 e. The maximum absolute atomic E-state index is 6.70. The molecule has 0 saturated carbocycles. The Morgan fingerprint density at radius 3 is 2.18 bits per heavy atom. The van der Waals surface area contributed by atoms with Crippen molar-refractivity contribution in [1.29, 1.82) is 0 Å². The van der Waals surface area contributed by atoms with Gasteiger partial charge < -0.3 is 4.74 Å². The van der Waals surface area contributed by atoms with Crippen molar-refractivity contribution in [2.75, 3.05) is 0 Å². The molecule has 1 aliphatic rings. The molecule has 5 aromatic carbocycles. The molecule has 0 spiro atoms. The zero-order valence-electron chi connectivity index (χ0n) is 26.8. The Bertz CT molecular complexity index is 2980. The highest BCUT2D eigenvalue weighted by atomic mass is 16.5. The number of pyridine rings is 3. The van der Waals surface area contributed by atoms with Crippen LogP contribution in [0.2, 0.25) is 0 Å². The summed E-state index contributed by atoms with van der Waals surface area (Å²) >= 11 is 0. The Labute approximate surface area is 286 Å². The second kappa shape index (κ2) is 10.4. The van der Waals surface area contributed by atoms with E-state index in [4.69, 9.17) is 19.7 Å². The van der Waals surface area contributed by atoms with Crippen molar-refractivity contribution >= 4 is 49.4 Å². The summed E-state index contributed by atoms with van der Waals surface area (Å²) < 4.78 is 11.3. The molecule has 0 aliphatic carbocycles. The van der Waals surface area contributed by atoms with Gasteiger partial charge in [-0.2, -0.15) is 0 Å². The van der Waals surface area contributed by atoms with Crippen LogP contribution < -0.4 is 4.74 Å². The number of hydrogen-bond acceptors (Lipinski definition) is 4. The topological polar surface area (TPSA) is 57.2 Å². The monoisotopic (exact) mass is 641 g/mol. The number of rotatable bonds is 4. The van der Waals surface area contributed by atoms with Gasteiger partial charge in [0.15, 0.2) is 0 Å². The highest BCUT2D eigenvalue weighted by Gasteiger charge is 2.24. The third-order valence-corrected chi connectivity index (χ3v) is 10.0. The van der Waals surface area contributed by atoms with Gasteiger partial charge in [0.25, 0.3) is 0 Å². The minimum absolute atomic E-state index is 0.733. The van der Waals surface area contributed by atoms with Gasteiger partial charge in [0, 0.05) is 57.6 Å². The summed E-state index contributed by atoms with van der Waals surface area (Å²) in [6.07, 6.45) is 4.59. The van der Waals surface area contributed by atoms with Crippen molar-refractivity contribution in [3.63, 3.8) is 0 Å². The number of para-hydroxylation sites is 1. The van der Waals surface area contributed by atoms with Gasteiger partial charge in [-0.3, -0.25) is 14.0 Å². The first-order chi connectivity index (χ1) is 24.8. The molecule has 10 aromatic rings. The fraction of sp³-hybridized carbons (Fsp3) is 0.0227. The number of ether oxygens (including phenoxy) is 1. The lowest BCUT2D eigenvalue weighted by Crippen LogP contribution is -2.08. The predicted molar refractivity (Wildman–Crippen MR) is 200 cm³/mol. The summed E-state index contributed by atoms with van der Waals surface area (Å²) in [7, 11) is 0. The van der Waals surface area contributed by atoms with Gasteiger partial charge in [0.1, 0.15) is 22.8 Å². The summed E-state index contributed by atoms with van der Waals surface area (Å²) in [6.45, 7) is 0. The molecule has 0 amide bonds. The molecule has 1 aliphatic heterocycles. The molecule has 5 aromatic heterocycles. The van der Waals surface area contributed by atoms with Crippen LogP contribution in [0, 0.1) is 0 Å². The van der Waals surface area contributed by atoms with Gasteiger partial charge in [-0.05, 0) is 59.7 Å². The molecule has 0 bridgehead atoms. The standard InChI is InChI=1S/C44H27N5O/c1-3-10-27(11-4-1)39-42(28-12-5-2-6-13-28)48-37-17-9-22-45-40(37)33-21-20-31(25-36(33)44(48)47-39)50-32-19-18-29-24-30-14-7-15-34-35-16-8-23-46-43(35)49(41(30)34)38(29)26-32/h1-23,25-26H,24H2. The van der Waals surface area contributed by atoms with Gasteiger partial charge >= 0.3 is 0 Å². The van der Waals surface area contributed by atoms with E-state index in [1.54, 1.807) is 0 Å². The van der Waals surface area contributed by atoms with E-state index in [1.807, 2.05) is 42.7 Å². The van der Waals surface area contributed by atoms with Crippen LogP contribution in [0.4, 0.5) is 0 Å². The summed E-state index contributed by atoms with van der Waals surface area (Å²) in [5.74, 6) is 1.50. The Balaban J connectivity index is 1.11. The molecule has 11 rings (SSSR count). The number of benzene rings is 5.